The number of amides is 4. The van der Waals surface area contributed by atoms with Gasteiger partial charge in [0.2, 0.25) is 23.6 Å². The lowest BCUT2D eigenvalue weighted by molar-refractivity contribution is -0.135. The molecule has 3 N–H and O–H groups in total. The Morgan fingerprint density at radius 1 is 1.19 bits per heavy atom. The summed E-state index contributed by atoms with van der Waals surface area (Å²) >= 11 is 0. The van der Waals surface area contributed by atoms with Gasteiger partial charge in [-0.2, -0.15) is 0 Å². The Morgan fingerprint density at radius 2 is 1.96 bits per heavy atom. The van der Waals surface area contributed by atoms with Gasteiger partial charge in [0.25, 0.3) is 0 Å². The number of fused-ring (bicyclic) bond motifs is 1. The molecule has 1 saturated heterocycles. The third-order valence-electron chi connectivity index (χ3n) is 4.92. The van der Waals surface area contributed by atoms with Crippen LogP contribution in [0.15, 0.2) is 18.2 Å². The van der Waals surface area contributed by atoms with Crippen LogP contribution in [0.25, 0.3) is 0 Å². The molecule has 2 heterocycles. The molecule has 2 aliphatic heterocycles. The molecule has 4 amide bonds. The van der Waals surface area contributed by atoms with Gasteiger partial charge in [0.05, 0.1) is 6.54 Å². The van der Waals surface area contributed by atoms with Crippen LogP contribution in [0.5, 0.6) is 0 Å². The summed E-state index contributed by atoms with van der Waals surface area (Å²) in [5, 5.41) is 7.97. The van der Waals surface area contributed by atoms with Crippen LogP contribution < -0.4 is 16.0 Å². The monoisotopic (exact) mass is 372 g/mol. The van der Waals surface area contributed by atoms with Crippen molar-refractivity contribution in [2.75, 3.05) is 13.1 Å². The minimum Gasteiger partial charge on any atom is -0.356 e. The van der Waals surface area contributed by atoms with Gasteiger partial charge in [-0.1, -0.05) is 18.2 Å². The molecule has 1 atom stereocenters. The fourth-order valence-corrected chi connectivity index (χ4v) is 3.38. The van der Waals surface area contributed by atoms with Gasteiger partial charge in [-0.15, -0.1) is 0 Å². The van der Waals surface area contributed by atoms with Crippen LogP contribution in [-0.4, -0.2) is 41.6 Å². The molecule has 8 nitrogen and oxygen atoms in total. The molecule has 1 aromatic rings. The molecule has 1 aromatic carbocycles. The van der Waals surface area contributed by atoms with E-state index in [0.717, 1.165) is 16.7 Å². The van der Waals surface area contributed by atoms with Crippen LogP contribution in [-0.2, 0) is 38.8 Å². The average Bonchev–Trinajstić information content (AvgIpc) is 3.24. The zero-order chi connectivity index (χ0) is 19.4. The first-order valence-electron chi connectivity index (χ1n) is 9.09. The number of benzene rings is 1. The van der Waals surface area contributed by atoms with E-state index in [2.05, 4.69) is 16.0 Å². The first-order chi connectivity index (χ1) is 12.9. The largest absolute Gasteiger partial charge is 0.356 e. The van der Waals surface area contributed by atoms with Crippen molar-refractivity contribution < 1.29 is 19.2 Å². The second-order valence-electron chi connectivity index (χ2n) is 7.02. The number of carbonyl (C=O) groups is 4. The Balaban J connectivity index is 1.52. The van der Waals surface area contributed by atoms with E-state index in [-0.39, 0.29) is 42.5 Å². The van der Waals surface area contributed by atoms with E-state index in [9.17, 15) is 19.2 Å². The van der Waals surface area contributed by atoms with E-state index in [0.29, 0.717) is 32.6 Å². The predicted molar refractivity (Wildman–Crippen MR) is 97.0 cm³/mol. The van der Waals surface area contributed by atoms with E-state index >= 15 is 0 Å². The fraction of sp³-hybridized carbons (Fsp3) is 0.474. The standard InChI is InChI=1S/C19H24N4O4/c1-12(24)21-9-17(25)22-8-13-2-3-15-10-23(11-16(15)6-13)18(26)7-14-4-5-20-19(14)27/h2-3,6,14H,4-5,7-11H2,1H3,(H,20,27)(H,21,24)(H,22,25). The van der Waals surface area contributed by atoms with Gasteiger partial charge in [-0.05, 0) is 23.1 Å². The highest BCUT2D eigenvalue weighted by molar-refractivity contribution is 5.87. The van der Waals surface area contributed by atoms with Gasteiger partial charge in [-0.25, -0.2) is 0 Å². The number of hydrogen-bond acceptors (Lipinski definition) is 4. The summed E-state index contributed by atoms with van der Waals surface area (Å²) in [5.74, 6) is -0.744. The van der Waals surface area contributed by atoms with Crippen molar-refractivity contribution in [1.82, 2.24) is 20.9 Å². The highest BCUT2D eigenvalue weighted by atomic mass is 16.2. The average molecular weight is 372 g/mol. The Hall–Kier alpha value is -2.90. The van der Waals surface area contributed by atoms with Crippen LogP contribution in [0.2, 0.25) is 0 Å². The summed E-state index contributed by atoms with van der Waals surface area (Å²) < 4.78 is 0. The molecular weight excluding hydrogens is 348 g/mol. The Morgan fingerprint density at radius 3 is 2.67 bits per heavy atom. The summed E-state index contributed by atoms with van der Waals surface area (Å²) in [6, 6.07) is 5.89. The van der Waals surface area contributed by atoms with Crippen LogP contribution >= 0.6 is 0 Å². The Labute approximate surface area is 157 Å². The molecule has 27 heavy (non-hydrogen) atoms. The molecule has 0 aromatic heterocycles. The first-order valence-corrected chi connectivity index (χ1v) is 9.09. The van der Waals surface area contributed by atoms with E-state index in [1.54, 1.807) is 4.90 Å². The van der Waals surface area contributed by atoms with Crippen LogP contribution in [0.1, 0.15) is 36.5 Å². The normalized spacial score (nSPS) is 18.0. The molecule has 0 aliphatic carbocycles. The van der Waals surface area contributed by atoms with Gasteiger partial charge < -0.3 is 20.9 Å². The molecule has 1 fully saturated rings. The van der Waals surface area contributed by atoms with Gasteiger partial charge >= 0.3 is 0 Å². The van der Waals surface area contributed by atoms with Gasteiger partial charge in [-0.3, -0.25) is 19.2 Å². The van der Waals surface area contributed by atoms with Crippen LogP contribution in [0, 0.1) is 5.92 Å². The second-order valence-corrected chi connectivity index (χ2v) is 7.02. The number of rotatable bonds is 6. The van der Waals surface area contributed by atoms with E-state index in [1.165, 1.54) is 6.92 Å². The maximum atomic E-state index is 12.5. The quantitative estimate of drug-likeness (QED) is 0.643. The molecule has 0 bridgehead atoms. The fourth-order valence-electron chi connectivity index (χ4n) is 3.38. The molecule has 3 rings (SSSR count). The highest BCUT2D eigenvalue weighted by Gasteiger charge is 2.30. The molecule has 144 valence electrons. The van der Waals surface area contributed by atoms with Crippen molar-refractivity contribution in [3.8, 4) is 0 Å². The van der Waals surface area contributed by atoms with Crippen molar-refractivity contribution in [3.05, 3.63) is 34.9 Å². The van der Waals surface area contributed by atoms with Crippen molar-refractivity contribution in [1.29, 1.82) is 0 Å². The van der Waals surface area contributed by atoms with Crippen molar-refractivity contribution in [3.63, 3.8) is 0 Å². The first kappa shape index (κ1) is 18.9. The van der Waals surface area contributed by atoms with Crippen molar-refractivity contribution >= 4 is 23.6 Å². The minimum absolute atomic E-state index is 0.00147. The number of carbonyl (C=O) groups excluding carboxylic acids is 4. The number of nitrogens with zero attached hydrogens (tertiary/aromatic N) is 1. The molecule has 0 radical (unpaired) electrons. The summed E-state index contributed by atoms with van der Waals surface area (Å²) in [4.78, 5) is 48.4. The lowest BCUT2D eigenvalue weighted by Crippen LogP contribution is -2.35. The molecule has 0 spiro atoms. The lowest BCUT2D eigenvalue weighted by Gasteiger charge is -2.17. The lowest BCUT2D eigenvalue weighted by atomic mass is 10.0. The van der Waals surface area contributed by atoms with Crippen LogP contribution in [0.3, 0.4) is 0 Å². The Kier molecular flexibility index (Phi) is 5.73. The SMILES string of the molecule is CC(=O)NCC(=O)NCc1ccc2c(c1)CN(C(=O)CC1CCNC1=O)C2. The maximum Gasteiger partial charge on any atom is 0.239 e. The Bertz CT molecular complexity index is 777. The molecule has 8 heteroatoms. The van der Waals surface area contributed by atoms with Gasteiger partial charge in [0.15, 0.2) is 0 Å². The molecule has 1 unspecified atom stereocenters. The third kappa shape index (κ3) is 4.84. The highest BCUT2D eigenvalue weighted by Crippen LogP contribution is 2.26. The number of nitrogens with one attached hydrogen (secondary N) is 3. The van der Waals surface area contributed by atoms with Gasteiger partial charge in [0, 0.05) is 45.4 Å². The smallest absolute Gasteiger partial charge is 0.239 e. The number of hydrogen-bond donors (Lipinski definition) is 3. The maximum absolute atomic E-state index is 12.5. The van der Waals surface area contributed by atoms with Gasteiger partial charge in [0.1, 0.15) is 0 Å². The summed E-state index contributed by atoms with van der Waals surface area (Å²) in [6.45, 7) is 3.40. The molecular formula is C19H24N4O4. The second kappa shape index (κ2) is 8.20. The zero-order valence-electron chi connectivity index (χ0n) is 15.3. The molecule has 0 saturated carbocycles. The van der Waals surface area contributed by atoms with E-state index < -0.39 is 0 Å². The molecule has 2 aliphatic rings. The summed E-state index contributed by atoms with van der Waals surface area (Å²) in [7, 11) is 0. The van der Waals surface area contributed by atoms with E-state index in [1.807, 2.05) is 18.2 Å². The van der Waals surface area contributed by atoms with Crippen LogP contribution in [0.4, 0.5) is 0 Å². The van der Waals surface area contributed by atoms with E-state index in [4.69, 9.17) is 0 Å². The predicted octanol–water partition coefficient (Wildman–Crippen LogP) is -0.193. The van der Waals surface area contributed by atoms with Crippen molar-refractivity contribution in [2.45, 2.75) is 39.4 Å². The zero-order valence-corrected chi connectivity index (χ0v) is 15.3. The topological polar surface area (TPSA) is 108 Å². The summed E-state index contributed by atoms with van der Waals surface area (Å²) in [5.41, 5.74) is 3.09. The van der Waals surface area contributed by atoms with Crippen molar-refractivity contribution in [2.24, 2.45) is 5.92 Å². The third-order valence-corrected chi connectivity index (χ3v) is 4.92. The summed E-state index contributed by atoms with van der Waals surface area (Å²) in [6.07, 6.45) is 0.972. The minimum atomic E-state index is -0.252.